The molecule has 0 unspecified atom stereocenters. The number of rotatable bonds is 8. The van der Waals surface area contributed by atoms with Crippen molar-refractivity contribution in [2.24, 2.45) is 0 Å². The van der Waals surface area contributed by atoms with E-state index in [-0.39, 0.29) is 5.82 Å². The van der Waals surface area contributed by atoms with Crippen molar-refractivity contribution in [3.8, 4) is 0 Å². The molecule has 0 amide bonds. The maximum absolute atomic E-state index is 13.7. The summed E-state index contributed by atoms with van der Waals surface area (Å²) in [4.78, 5) is 6.80. The second kappa shape index (κ2) is 8.08. The minimum atomic E-state index is -0.224. The van der Waals surface area contributed by atoms with Crippen molar-refractivity contribution >= 4 is 16.6 Å². The van der Waals surface area contributed by atoms with Gasteiger partial charge in [0.05, 0.1) is 11.2 Å². The largest absolute Gasteiger partial charge is 0.381 e. The second-order valence-electron chi connectivity index (χ2n) is 5.74. The Morgan fingerprint density at radius 2 is 2.05 bits per heavy atom. The van der Waals surface area contributed by atoms with Crippen LogP contribution in [-0.2, 0) is 0 Å². The van der Waals surface area contributed by atoms with E-state index < -0.39 is 0 Å². The predicted molar refractivity (Wildman–Crippen MR) is 91.8 cm³/mol. The van der Waals surface area contributed by atoms with E-state index in [1.165, 1.54) is 12.1 Å². The first kappa shape index (κ1) is 16.7. The minimum absolute atomic E-state index is 0.224. The Bertz CT molecular complexity index is 596. The Balaban J connectivity index is 1.98. The molecule has 0 aliphatic carbocycles. The zero-order valence-electron chi connectivity index (χ0n) is 13.8. The van der Waals surface area contributed by atoms with Crippen LogP contribution in [0.15, 0.2) is 30.5 Å². The Kier molecular flexibility index (Phi) is 6.13. The van der Waals surface area contributed by atoms with Crippen molar-refractivity contribution < 1.29 is 4.39 Å². The van der Waals surface area contributed by atoms with Gasteiger partial charge in [-0.15, -0.1) is 0 Å². The van der Waals surface area contributed by atoms with E-state index >= 15 is 0 Å². The molecule has 1 aromatic carbocycles. The highest BCUT2D eigenvalue weighted by Crippen LogP contribution is 2.24. The number of aromatic nitrogens is 1. The molecule has 1 heterocycles. The molecule has 0 aliphatic heterocycles. The van der Waals surface area contributed by atoms with Crippen molar-refractivity contribution in [2.75, 3.05) is 25.0 Å². The van der Waals surface area contributed by atoms with Crippen LogP contribution in [0.25, 0.3) is 10.9 Å². The summed E-state index contributed by atoms with van der Waals surface area (Å²) in [5.41, 5.74) is 1.62. The molecule has 1 aromatic heterocycles. The van der Waals surface area contributed by atoms with Gasteiger partial charge in [-0.1, -0.05) is 19.9 Å². The molecule has 0 spiro atoms. The maximum Gasteiger partial charge on any atom is 0.126 e. The molecule has 0 bridgehead atoms. The number of hydrogen-bond donors (Lipinski definition) is 1. The Morgan fingerprint density at radius 3 is 2.77 bits per heavy atom. The lowest BCUT2D eigenvalue weighted by molar-refractivity contribution is 0.295. The van der Waals surface area contributed by atoms with Gasteiger partial charge in [-0.2, -0.15) is 0 Å². The summed E-state index contributed by atoms with van der Waals surface area (Å²) in [6, 6.07) is 7.08. The molecule has 4 heteroatoms. The van der Waals surface area contributed by atoms with Crippen molar-refractivity contribution in [3.63, 3.8) is 0 Å². The van der Waals surface area contributed by atoms with Crippen molar-refractivity contribution in [3.05, 3.63) is 36.3 Å². The molecule has 0 saturated carbocycles. The third-order valence-electron chi connectivity index (χ3n) is 4.08. The van der Waals surface area contributed by atoms with Gasteiger partial charge in [-0.05, 0) is 57.6 Å². The first-order valence-corrected chi connectivity index (χ1v) is 8.17. The highest BCUT2D eigenvalue weighted by molar-refractivity contribution is 5.90. The zero-order valence-corrected chi connectivity index (χ0v) is 13.8. The van der Waals surface area contributed by atoms with Gasteiger partial charge in [0.25, 0.3) is 0 Å². The van der Waals surface area contributed by atoms with Crippen LogP contribution in [-0.4, -0.2) is 35.6 Å². The fraction of sp³-hybridized carbons (Fsp3) is 0.500. The molecule has 3 nitrogen and oxygen atoms in total. The summed E-state index contributed by atoms with van der Waals surface area (Å²) < 4.78 is 13.7. The van der Waals surface area contributed by atoms with Gasteiger partial charge in [-0.25, -0.2) is 4.39 Å². The van der Waals surface area contributed by atoms with Gasteiger partial charge >= 0.3 is 0 Å². The Hall–Kier alpha value is -1.68. The summed E-state index contributed by atoms with van der Waals surface area (Å²) in [7, 11) is 0. The van der Waals surface area contributed by atoms with Crippen LogP contribution in [0.3, 0.4) is 0 Å². The molecule has 22 heavy (non-hydrogen) atoms. The Morgan fingerprint density at radius 1 is 1.27 bits per heavy atom. The van der Waals surface area contributed by atoms with E-state index in [0.717, 1.165) is 49.1 Å². The first-order chi connectivity index (χ1) is 10.6. The number of anilines is 1. The number of nitrogens with one attached hydrogen (secondary N) is 1. The number of fused-ring (bicyclic) bond motifs is 1. The fourth-order valence-electron chi connectivity index (χ4n) is 2.76. The summed E-state index contributed by atoms with van der Waals surface area (Å²) >= 11 is 0. The summed E-state index contributed by atoms with van der Waals surface area (Å²) in [5.74, 6) is -0.224. The second-order valence-corrected chi connectivity index (χ2v) is 5.74. The highest BCUT2D eigenvalue weighted by Gasteiger charge is 2.09. The molecule has 1 atom stereocenters. The fourth-order valence-corrected chi connectivity index (χ4v) is 2.76. The molecular weight excluding hydrogens is 277 g/mol. The molecule has 2 rings (SSSR count). The third kappa shape index (κ3) is 4.41. The molecule has 0 radical (unpaired) electrons. The molecule has 2 aromatic rings. The standard InChI is InChI=1S/C18H26FN3/c1-4-22(5-2)11-7-8-14(3)21-17-13-16(19)12-15-9-6-10-20-18(15)17/h6,9-10,12-14,21H,4-5,7-8,11H2,1-3H3/t14-/m0/s1. The van der Waals surface area contributed by atoms with Gasteiger partial charge in [0.1, 0.15) is 5.82 Å². The van der Waals surface area contributed by atoms with E-state index in [1.54, 1.807) is 6.20 Å². The smallest absolute Gasteiger partial charge is 0.126 e. The van der Waals surface area contributed by atoms with Crippen LogP contribution >= 0.6 is 0 Å². The van der Waals surface area contributed by atoms with E-state index in [0.29, 0.717) is 6.04 Å². The van der Waals surface area contributed by atoms with Crippen LogP contribution in [0.1, 0.15) is 33.6 Å². The highest BCUT2D eigenvalue weighted by atomic mass is 19.1. The van der Waals surface area contributed by atoms with E-state index in [2.05, 4.69) is 36.0 Å². The van der Waals surface area contributed by atoms with E-state index in [1.807, 2.05) is 12.1 Å². The van der Waals surface area contributed by atoms with Crippen LogP contribution in [0.4, 0.5) is 10.1 Å². The maximum atomic E-state index is 13.7. The lowest BCUT2D eigenvalue weighted by Gasteiger charge is -2.20. The lowest BCUT2D eigenvalue weighted by Crippen LogP contribution is -2.25. The number of nitrogens with zero attached hydrogens (tertiary/aromatic N) is 2. The Labute approximate surface area is 132 Å². The van der Waals surface area contributed by atoms with Gasteiger partial charge < -0.3 is 10.2 Å². The summed E-state index contributed by atoms with van der Waals surface area (Å²) in [6.07, 6.45) is 3.94. The van der Waals surface area contributed by atoms with Gasteiger partial charge in [0, 0.05) is 17.6 Å². The van der Waals surface area contributed by atoms with Crippen LogP contribution < -0.4 is 5.32 Å². The van der Waals surface area contributed by atoms with Gasteiger partial charge in [-0.3, -0.25) is 4.98 Å². The molecule has 120 valence electrons. The average molecular weight is 303 g/mol. The van der Waals surface area contributed by atoms with Crippen molar-refractivity contribution in [2.45, 2.75) is 39.7 Å². The predicted octanol–water partition coefficient (Wildman–Crippen LogP) is 4.30. The number of halogens is 1. The quantitative estimate of drug-likeness (QED) is 0.788. The normalized spacial score (nSPS) is 12.8. The topological polar surface area (TPSA) is 28.2 Å². The van der Waals surface area contributed by atoms with Crippen molar-refractivity contribution in [1.82, 2.24) is 9.88 Å². The number of benzene rings is 1. The molecule has 0 aliphatic rings. The van der Waals surface area contributed by atoms with Gasteiger partial charge in [0.15, 0.2) is 0 Å². The van der Waals surface area contributed by atoms with E-state index in [4.69, 9.17) is 0 Å². The minimum Gasteiger partial charge on any atom is -0.381 e. The molecule has 0 saturated heterocycles. The van der Waals surface area contributed by atoms with Gasteiger partial charge in [0.2, 0.25) is 0 Å². The third-order valence-corrected chi connectivity index (χ3v) is 4.08. The summed E-state index contributed by atoms with van der Waals surface area (Å²) in [5, 5.41) is 4.25. The SMILES string of the molecule is CCN(CC)CCC[C@H](C)Nc1cc(F)cc2cccnc12. The molecule has 1 N–H and O–H groups in total. The number of pyridine rings is 1. The van der Waals surface area contributed by atoms with E-state index in [9.17, 15) is 4.39 Å². The first-order valence-electron chi connectivity index (χ1n) is 8.17. The number of hydrogen-bond acceptors (Lipinski definition) is 3. The molecular formula is C18H26FN3. The monoisotopic (exact) mass is 303 g/mol. The van der Waals surface area contributed by atoms with Crippen molar-refractivity contribution in [1.29, 1.82) is 0 Å². The summed E-state index contributed by atoms with van der Waals surface area (Å²) in [6.45, 7) is 9.82. The lowest BCUT2D eigenvalue weighted by atomic mass is 10.1. The van der Waals surface area contributed by atoms with Crippen LogP contribution in [0.5, 0.6) is 0 Å². The average Bonchev–Trinajstić information content (AvgIpc) is 2.51. The zero-order chi connectivity index (χ0) is 15.9. The van der Waals surface area contributed by atoms with Crippen LogP contribution in [0.2, 0.25) is 0 Å². The molecule has 0 fully saturated rings. The van der Waals surface area contributed by atoms with Crippen LogP contribution in [0, 0.1) is 5.82 Å².